The molecule has 0 radical (unpaired) electrons. The number of rotatable bonds is 23. The molecule has 0 fully saturated rings. The Kier molecular flexibility index (Phi) is 20.0. The van der Waals surface area contributed by atoms with E-state index in [0.29, 0.717) is 17.4 Å². The number of allylic oxidation sites excluding steroid dienone is 2. The molecule has 0 amide bonds. The van der Waals surface area contributed by atoms with E-state index < -0.39 is 33.1 Å². The zero-order valence-corrected chi connectivity index (χ0v) is 22.9. The molecule has 0 saturated carbocycles. The van der Waals surface area contributed by atoms with Crippen molar-refractivity contribution in [1.82, 2.24) is 0 Å². The van der Waals surface area contributed by atoms with Crippen molar-refractivity contribution in [2.24, 2.45) is 0 Å². The van der Waals surface area contributed by atoms with E-state index >= 15 is 0 Å². The quantitative estimate of drug-likeness (QED) is 0.0700. The summed E-state index contributed by atoms with van der Waals surface area (Å²) in [5.74, 6) is -0.502. The number of carbonyl (C=O) groups is 1. The average molecular weight is 508 g/mol. The summed E-state index contributed by atoms with van der Waals surface area (Å²) in [4.78, 5) is 23.7. The van der Waals surface area contributed by atoms with Gasteiger partial charge in [-0.25, -0.2) is 0 Å². The molecule has 9 heteroatoms. The highest BCUT2D eigenvalue weighted by molar-refractivity contribution is 7.45. The molecule has 0 aromatic rings. The van der Waals surface area contributed by atoms with Gasteiger partial charge >= 0.3 is 5.97 Å². The summed E-state index contributed by atoms with van der Waals surface area (Å²) in [6, 6.07) is 0. The monoisotopic (exact) mass is 507 g/mol. The maximum Gasteiger partial charge on any atom is 0.306 e. The van der Waals surface area contributed by atoms with Gasteiger partial charge in [-0.2, -0.15) is 0 Å². The van der Waals surface area contributed by atoms with Crippen LogP contribution in [0.2, 0.25) is 0 Å². The number of carbonyl (C=O) groups excluding carboxylic acids is 1. The Balaban J connectivity index is 3.81. The molecule has 0 bridgehead atoms. The number of esters is 1. The number of aliphatic hydroxyl groups excluding tert-OH is 1. The molecule has 2 unspecified atom stereocenters. The lowest BCUT2D eigenvalue weighted by molar-refractivity contribution is -0.870. The van der Waals surface area contributed by atoms with Gasteiger partial charge < -0.3 is 28.3 Å². The molecule has 0 aliphatic carbocycles. The molecule has 0 spiro atoms. The zero-order chi connectivity index (χ0) is 25.7. The van der Waals surface area contributed by atoms with Crippen LogP contribution in [0.15, 0.2) is 12.2 Å². The lowest BCUT2D eigenvalue weighted by Crippen LogP contribution is -2.37. The van der Waals surface area contributed by atoms with E-state index in [-0.39, 0.29) is 13.0 Å². The first-order chi connectivity index (χ1) is 16.1. The standard InChI is InChI=1S/C25H50NO7P/c1-5-6-7-8-9-10-11-12-13-14-15-16-17-18-19-25(28)33-24(22-27)23-32-34(29,30)31-21-20-26(2,3)4/h16-17,24,27H,5-15,18-23H2,1-4H3/b17-16-. The number of aliphatic hydroxyl groups is 1. The summed E-state index contributed by atoms with van der Waals surface area (Å²) < 4.78 is 27.0. The molecule has 34 heavy (non-hydrogen) atoms. The molecule has 0 aliphatic rings. The molecule has 1 N–H and O–H groups in total. The van der Waals surface area contributed by atoms with Gasteiger partial charge in [0, 0.05) is 6.42 Å². The SMILES string of the molecule is CCCCCCCCCCCC/C=C\CCC(=O)OC(CO)COP(=O)([O-])OCC[N+](C)(C)C. The minimum absolute atomic E-state index is 0.0146. The highest BCUT2D eigenvalue weighted by Crippen LogP contribution is 2.38. The molecule has 0 aromatic carbocycles. The number of unbranched alkanes of at least 4 members (excludes halogenated alkanes) is 10. The molecule has 0 saturated heterocycles. The molecular weight excluding hydrogens is 457 g/mol. The Labute approximate surface area is 207 Å². The summed E-state index contributed by atoms with van der Waals surface area (Å²) in [7, 11) is 1.22. The number of phosphoric ester groups is 1. The first-order valence-electron chi connectivity index (χ1n) is 13.0. The van der Waals surface area contributed by atoms with Crippen molar-refractivity contribution in [3.63, 3.8) is 0 Å². The van der Waals surface area contributed by atoms with Gasteiger partial charge in [0.25, 0.3) is 7.82 Å². The second-order valence-electron chi connectivity index (χ2n) is 9.87. The minimum atomic E-state index is -4.52. The first kappa shape index (κ1) is 33.2. The van der Waals surface area contributed by atoms with E-state index in [2.05, 4.69) is 13.0 Å². The summed E-state index contributed by atoms with van der Waals surface area (Å²) in [6.07, 6.45) is 17.8. The van der Waals surface area contributed by atoms with E-state index in [9.17, 15) is 19.4 Å². The number of hydrogen-bond donors (Lipinski definition) is 1. The van der Waals surface area contributed by atoms with Gasteiger partial charge in [-0.3, -0.25) is 9.36 Å². The van der Waals surface area contributed by atoms with Crippen molar-refractivity contribution in [2.75, 3.05) is 47.5 Å². The summed E-state index contributed by atoms with van der Waals surface area (Å²) in [5, 5.41) is 9.34. The van der Waals surface area contributed by atoms with Crippen molar-refractivity contribution in [1.29, 1.82) is 0 Å². The molecule has 0 heterocycles. The van der Waals surface area contributed by atoms with Crippen molar-refractivity contribution < 1.29 is 37.6 Å². The van der Waals surface area contributed by atoms with Crippen molar-refractivity contribution >= 4 is 13.8 Å². The first-order valence-corrected chi connectivity index (χ1v) is 14.4. The predicted octanol–water partition coefficient (Wildman–Crippen LogP) is 4.75. The topological polar surface area (TPSA) is 105 Å². The molecule has 2 atom stereocenters. The van der Waals surface area contributed by atoms with Crippen LogP contribution in [0.4, 0.5) is 0 Å². The Morgan fingerprint density at radius 3 is 2.06 bits per heavy atom. The normalized spacial score (nSPS) is 14.9. The third kappa shape index (κ3) is 23.0. The van der Waals surface area contributed by atoms with E-state index in [4.69, 9.17) is 13.8 Å². The smallest absolute Gasteiger partial charge is 0.306 e. The van der Waals surface area contributed by atoms with Crippen LogP contribution < -0.4 is 4.89 Å². The van der Waals surface area contributed by atoms with Crippen LogP contribution in [0.5, 0.6) is 0 Å². The zero-order valence-electron chi connectivity index (χ0n) is 22.0. The van der Waals surface area contributed by atoms with Gasteiger partial charge in [-0.15, -0.1) is 0 Å². The van der Waals surface area contributed by atoms with Gasteiger partial charge in [-0.05, 0) is 19.3 Å². The predicted molar refractivity (Wildman–Crippen MR) is 134 cm³/mol. The van der Waals surface area contributed by atoms with Crippen LogP contribution in [0.1, 0.15) is 90.4 Å². The Hall–Kier alpha value is -0.760. The molecular formula is C25H50NO7P. The van der Waals surface area contributed by atoms with Crippen LogP contribution in [0.3, 0.4) is 0 Å². The van der Waals surface area contributed by atoms with Gasteiger partial charge in [0.15, 0.2) is 0 Å². The molecule has 0 rings (SSSR count). The lowest BCUT2D eigenvalue weighted by Gasteiger charge is -2.28. The fourth-order valence-corrected chi connectivity index (χ4v) is 3.92. The van der Waals surface area contributed by atoms with Crippen molar-refractivity contribution in [3.05, 3.63) is 12.2 Å². The second kappa shape index (κ2) is 20.4. The Morgan fingerprint density at radius 2 is 1.50 bits per heavy atom. The van der Waals surface area contributed by atoms with Gasteiger partial charge in [-0.1, -0.05) is 76.9 Å². The molecule has 0 aromatic heterocycles. The second-order valence-corrected chi connectivity index (χ2v) is 11.3. The summed E-state index contributed by atoms with van der Waals surface area (Å²) >= 11 is 0. The summed E-state index contributed by atoms with van der Waals surface area (Å²) in [6.45, 7) is 1.72. The number of nitrogens with zero attached hydrogens (tertiary/aromatic N) is 1. The number of phosphoric acid groups is 1. The molecule has 202 valence electrons. The van der Waals surface area contributed by atoms with Crippen LogP contribution >= 0.6 is 7.82 Å². The van der Waals surface area contributed by atoms with Crippen LogP contribution in [0, 0.1) is 0 Å². The van der Waals surface area contributed by atoms with Crippen LogP contribution in [0.25, 0.3) is 0 Å². The third-order valence-electron chi connectivity index (χ3n) is 5.34. The number of quaternary nitrogens is 1. The van der Waals surface area contributed by atoms with E-state index in [0.717, 1.165) is 12.8 Å². The van der Waals surface area contributed by atoms with E-state index in [1.807, 2.05) is 27.2 Å². The van der Waals surface area contributed by atoms with E-state index in [1.165, 1.54) is 57.8 Å². The Morgan fingerprint density at radius 1 is 0.941 bits per heavy atom. The van der Waals surface area contributed by atoms with Crippen LogP contribution in [-0.2, 0) is 23.1 Å². The summed E-state index contributed by atoms with van der Waals surface area (Å²) in [5.41, 5.74) is 0. The van der Waals surface area contributed by atoms with Gasteiger partial charge in [0.1, 0.15) is 19.3 Å². The van der Waals surface area contributed by atoms with Crippen LogP contribution in [-0.4, -0.2) is 69.2 Å². The third-order valence-corrected chi connectivity index (χ3v) is 6.30. The number of hydrogen-bond acceptors (Lipinski definition) is 7. The number of ether oxygens (including phenoxy) is 1. The lowest BCUT2D eigenvalue weighted by atomic mass is 10.1. The minimum Gasteiger partial charge on any atom is -0.756 e. The largest absolute Gasteiger partial charge is 0.756 e. The van der Waals surface area contributed by atoms with Gasteiger partial charge in [0.05, 0.1) is 34.4 Å². The highest BCUT2D eigenvalue weighted by Gasteiger charge is 2.19. The van der Waals surface area contributed by atoms with Crippen molar-refractivity contribution in [3.8, 4) is 0 Å². The average Bonchev–Trinajstić information content (AvgIpc) is 2.75. The van der Waals surface area contributed by atoms with E-state index in [1.54, 1.807) is 0 Å². The molecule has 0 aliphatic heterocycles. The highest BCUT2D eigenvalue weighted by atomic mass is 31.2. The maximum atomic E-state index is 11.9. The fraction of sp³-hybridized carbons (Fsp3) is 0.880. The maximum absolute atomic E-state index is 11.9. The number of likely N-dealkylation sites (N-methyl/N-ethyl adjacent to an activating group) is 1. The Bertz CT molecular complexity index is 578. The molecule has 8 nitrogen and oxygen atoms in total. The van der Waals surface area contributed by atoms with Gasteiger partial charge in [0.2, 0.25) is 0 Å². The van der Waals surface area contributed by atoms with Crippen molar-refractivity contribution in [2.45, 2.75) is 96.5 Å². The fourth-order valence-electron chi connectivity index (χ4n) is 3.19.